The van der Waals surface area contributed by atoms with E-state index in [-0.39, 0.29) is 31.0 Å². The molecule has 1 heterocycles. The number of carboxylic acids is 2. The van der Waals surface area contributed by atoms with Crippen LogP contribution in [-0.2, 0) is 9.59 Å². The van der Waals surface area contributed by atoms with Crippen molar-refractivity contribution in [3.63, 3.8) is 0 Å². The fourth-order valence-electron chi connectivity index (χ4n) is 2.74. The minimum Gasteiger partial charge on any atom is -0.493 e. The van der Waals surface area contributed by atoms with E-state index in [2.05, 4.69) is 11.6 Å². The van der Waals surface area contributed by atoms with Crippen molar-refractivity contribution >= 4 is 46.5 Å². The maximum Gasteiger partial charge on any atom is 0.335 e. The summed E-state index contributed by atoms with van der Waals surface area (Å²) in [5.41, 5.74) is 1.46. The molecular weight excluding hydrogens is 432 g/mol. The van der Waals surface area contributed by atoms with Gasteiger partial charge in [-0.2, -0.15) is 0 Å². The van der Waals surface area contributed by atoms with E-state index in [0.717, 1.165) is 5.56 Å². The van der Waals surface area contributed by atoms with Gasteiger partial charge in [-0.3, -0.25) is 14.5 Å². The van der Waals surface area contributed by atoms with Crippen LogP contribution in [0.3, 0.4) is 0 Å². The van der Waals surface area contributed by atoms with E-state index in [9.17, 15) is 14.4 Å². The van der Waals surface area contributed by atoms with Crippen molar-refractivity contribution in [2.45, 2.75) is 6.42 Å². The number of rotatable bonds is 9. The van der Waals surface area contributed by atoms with Crippen LogP contribution in [0.2, 0.25) is 0 Å². The Labute approximate surface area is 188 Å². The van der Waals surface area contributed by atoms with Crippen LogP contribution in [0.4, 0.5) is 5.69 Å². The normalized spacial score (nSPS) is 15.9. The molecule has 0 bridgehead atoms. The molecule has 1 amide bonds. The maximum atomic E-state index is 12.9. The van der Waals surface area contributed by atoms with Crippen molar-refractivity contribution < 1.29 is 29.3 Å². The number of aliphatic imine (C=N–C) groups is 1. The number of hydrogen-bond acceptors (Lipinski definition) is 6. The molecule has 0 spiro atoms. The molecule has 164 valence electrons. The van der Waals surface area contributed by atoms with Crippen molar-refractivity contribution in [3.05, 3.63) is 77.2 Å². The van der Waals surface area contributed by atoms with Crippen LogP contribution in [-0.4, -0.2) is 51.3 Å². The standard InChI is InChI=1S/C23H20N2O6S/c1-2-12-25-21(28)19(14-15-3-9-18(10-4-15)31-13-11-20(26)27)32-23(25)24-17-7-5-16(6-8-17)22(29)30/h2-10,14H,1,11-13H2,(H,26,27)(H,29,30)/b19-14-,24-23?. The van der Waals surface area contributed by atoms with Gasteiger partial charge in [0, 0.05) is 6.54 Å². The Bertz CT molecular complexity index is 1090. The van der Waals surface area contributed by atoms with Crippen LogP contribution < -0.4 is 4.74 Å². The van der Waals surface area contributed by atoms with Crippen LogP contribution >= 0.6 is 11.8 Å². The van der Waals surface area contributed by atoms with Gasteiger partial charge in [0.15, 0.2) is 5.17 Å². The number of carbonyl (C=O) groups is 3. The van der Waals surface area contributed by atoms with Gasteiger partial charge in [-0.1, -0.05) is 18.2 Å². The largest absolute Gasteiger partial charge is 0.493 e. The molecule has 8 nitrogen and oxygen atoms in total. The zero-order chi connectivity index (χ0) is 23.1. The van der Waals surface area contributed by atoms with Gasteiger partial charge in [-0.05, 0) is 59.8 Å². The summed E-state index contributed by atoms with van der Waals surface area (Å²) in [4.78, 5) is 40.9. The third-order valence-electron chi connectivity index (χ3n) is 4.30. The summed E-state index contributed by atoms with van der Waals surface area (Å²) >= 11 is 1.22. The molecular formula is C23H20N2O6S. The molecule has 2 aromatic rings. The highest BCUT2D eigenvalue weighted by molar-refractivity contribution is 8.18. The number of ether oxygens (including phenoxy) is 1. The average molecular weight is 452 g/mol. The van der Waals surface area contributed by atoms with Crippen LogP contribution in [0.5, 0.6) is 5.75 Å². The van der Waals surface area contributed by atoms with Crippen LogP contribution in [0.15, 0.2) is 71.1 Å². The highest BCUT2D eigenvalue weighted by atomic mass is 32.2. The van der Waals surface area contributed by atoms with Gasteiger partial charge in [0.05, 0.1) is 29.2 Å². The lowest BCUT2D eigenvalue weighted by Gasteiger charge is -2.12. The van der Waals surface area contributed by atoms with E-state index >= 15 is 0 Å². The molecule has 0 atom stereocenters. The average Bonchev–Trinajstić information content (AvgIpc) is 3.04. The number of hydrogen-bond donors (Lipinski definition) is 2. The quantitative estimate of drug-likeness (QED) is 0.436. The Morgan fingerprint density at radius 3 is 2.38 bits per heavy atom. The van der Waals surface area contributed by atoms with Gasteiger partial charge in [-0.15, -0.1) is 6.58 Å². The number of nitrogens with zero attached hydrogens (tertiary/aromatic N) is 2. The van der Waals surface area contributed by atoms with E-state index in [4.69, 9.17) is 14.9 Å². The Balaban J connectivity index is 1.78. The second-order valence-electron chi connectivity index (χ2n) is 6.62. The molecule has 0 aromatic heterocycles. The first-order valence-corrected chi connectivity index (χ1v) is 10.4. The van der Waals surface area contributed by atoms with Crippen molar-refractivity contribution in [3.8, 4) is 5.75 Å². The fourth-order valence-corrected chi connectivity index (χ4v) is 3.75. The molecule has 1 aliphatic rings. The molecule has 1 aliphatic heterocycles. The molecule has 3 rings (SSSR count). The highest BCUT2D eigenvalue weighted by Crippen LogP contribution is 2.34. The Morgan fingerprint density at radius 2 is 1.78 bits per heavy atom. The van der Waals surface area contributed by atoms with E-state index in [1.165, 1.54) is 28.8 Å². The van der Waals surface area contributed by atoms with Crippen LogP contribution in [0, 0.1) is 0 Å². The summed E-state index contributed by atoms with van der Waals surface area (Å²) in [6.07, 6.45) is 3.26. The number of aromatic carboxylic acids is 1. The maximum absolute atomic E-state index is 12.9. The number of carbonyl (C=O) groups excluding carboxylic acids is 1. The predicted molar refractivity (Wildman–Crippen MR) is 122 cm³/mol. The van der Waals surface area contributed by atoms with Gasteiger partial charge in [0.2, 0.25) is 0 Å². The minimum atomic E-state index is -1.02. The first-order valence-electron chi connectivity index (χ1n) is 9.56. The molecule has 0 aliphatic carbocycles. The lowest BCUT2D eigenvalue weighted by molar-refractivity contribution is -0.137. The predicted octanol–water partition coefficient (Wildman–Crippen LogP) is 4.03. The second-order valence-corrected chi connectivity index (χ2v) is 7.63. The summed E-state index contributed by atoms with van der Waals surface area (Å²) in [6.45, 7) is 4.05. The van der Waals surface area contributed by atoms with Crippen molar-refractivity contribution in [1.29, 1.82) is 0 Å². The van der Waals surface area contributed by atoms with Crippen molar-refractivity contribution in [2.24, 2.45) is 4.99 Å². The first kappa shape index (κ1) is 22.8. The van der Waals surface area contributed by atoms with E-state index in [1.54, 1.807) is 48.6 Å². The molecule has 2 N–H and O–H groups in total. The van der Waals surface area contributed by atoms with Crippen molar-refractivity contribution in [1.82, 2.24) is 4.90 Å². The minimum absolute atomic E-state index is 0.0773. The number of amides is 1. The highest BCUT2D eigenvalue weighted by Gasteiger charge is 2.32. The topological polar surface area (TPSA) is 117 Å². The zero-order valence-electron chi connectivity index (χ0n) is 16.9. The molecule has 32 heavy (non-hydrogen) atoms. The molecule has 0 unspecified atom stereocenters. The zero-order valence-corrected chi connectivity index (χ0v) is 17.7. The van der Waals surface area contributed by atoms with Crippen molar-refractivity contribution in [2.75, 3.05) is 13.2 Å². The lowest BCUT2D eigenvalue weighted by Crippen LogP contribution is -2.29. The van der Waals surface area contributed by atoms with Crippen LogP contribution in [0.1, 0.15) is 22.3 Å². The fraction of sp³-hybridized carbons (Fsp3) is 0.130. The number of benzene rings is 2. The monoisotopic (exact) mass is 452 g/mol. The summed E-state index contributed by atoms with van der Waals surface area (Å²) in [5.74, 6) is -1.62. The number of carboxylic acid groups (broad SMARTS) is 2. The van der Waals surface area contributed by atoms with Gasteiger partial charge in [0.1, 0.15) is 5.75 Å². The third kappa shape index (κ3) is 5.86. The van der Waals surface area contributed by atoms with E-state index in [0.29, 0.717) is 21.5 Å². The van der Waals surface area contributed by atoms with E-state index < -0.39 is 11.9 Å². The Morgan fingerprint density at radius 1 is 1.09 bits per heavy atom. The first-order chi connectivity index (χ1) is 15.4. The summed E-state index contributed by atoms with van der Waals surface area (Å²) in [7, 11) is 0. The summed E-state index contributed by atoms with van der Waals surface area (Å²) < 4.78 is 5.37. The molecule has 1 saturated heterocycles. The molecule has 1 fully saturated rings. The lowest BCUT2D eigenvalue weighted by atomic mass is 10.2. The number of thioether (sulfide) groups is 1. The SMILES string of the molecule is C=CCN1C(=O)/C(=C/c2ccc(OCCC(=O)O)cc2)SC1=Nc1ccc(C(=O)O)cc1. The number of aliphatic carboxylic acids is 1. The van der Waals surface area contributed by atoms with E-state index in [1.807, 2.05) is 0 Å². The molecule has 9 heteroatoms. The Hall–Kier alpha value is -3.85. The summed E-state index contributed by atoms with van der Waals surface area (Å²) in [6, 6.07) is 13.0. The number of amidine groups is 1. The Kier molecular flexibility index (Phi) is 7.45. The third-order valence-corrected chi connectivity index (χ3v) is 5.31. The molecule has 0 saturated carbocycles. The second kappa shape index (κ2) is 10.5. The summed E-state index contributed by atoms with van der Waals surface area (Å²) in [5, 5.41) is 18.2. The van der Waals surface area contributed by atoms with Gasteiger partial charge in [0.25, 0.3) is 5.91 Å². The molecule has 2 aromatic carbocycles. The van der Waals surface area contributed by atoms with Gasteiger partial charge < -0.3 is 14.9 Å². The smallest absolute Gasteiger partial charge is 0.335 e. The van der Waals surface area contributed by atoms with Gasteiger partial charge >= 0.3 is 11.9 Å². The van der Waals surface area contributed by atoms with Crippen LogP contribution in [0.25, 0.3) is 6.08 Å². The van der Waals surface area contributed by atoms with Gasteiger partial charge in [-0.25, -0.2) is 9.79 Å². The molecule has 0 radical (unpaired) electrons.